The van der Waals surface area contributed by atoms with Crippen molar-refractivity contribution in [3.8, 4) is 0 Å². The van der Waals surface area contributed by atoms with Gasteiger partial charge in [0.1, 0.15) is 6.04 Å². The van der Waals surface area contributed by atoms with E-state index in [0.29, 0.717) is 12.8 Å². The molecule has 2 amide bonds. The maximum Gasteiger partial charge on any atom is 0.240 e. The number of carbonyl (C=O) groups excluding carboxylic acids is 2. The van der Waals surface area contributed by atoms with Crippen molar-refractivity contribution in [2.75, 3.05) is 0 Å². The predicted octanol–water partition coefficient (Wildman–Crippen LogP) is 3.34. The van der Waals surface area contributed by atoms with E-state index < -0.39 is 11.9 Å². The van der Waals surface area contributed by atoms with Crippen molar-refractivity contribution in [2.24, 2.45) is 5.73 Å². The first kappa shape index (κ1) is 19.2. The molecule has 4 nitrogen and oxygen atoms in total. The van der Waals surface area contributed by atoms with Crippen molar-refractivity contribution in [3.05, 3.63) is 35.9 Å². The zero-order valence-electron chi connectivity index (χ0n) is 14.2. The molecule has 128 valence electrons. The molecule has 1 aromatic rings. The number of nitrogens with one attached hydrogen (secondary N) is 1. The van der Waals surface area contributed by atoms with Gasteiger partial charge in [0.05, 0.1) is 0 Å². The highest BCUT2D eigenvalue weighted by molar-refractivity contribution is 5.86. The highest BCUT2D eigenvalue weighted by atomic mass is 16.2. The van der Waals surface area contributed by atoms with Crippen LogP contribution in [0.15, 0.2) is 30.3 Å². The van der Waals surface area contributed by atoms with Crippen molar-refractivity contribution in [2.45, 2.75) is 70.8 Å². The van der Waals surface area contributed by atoms with E-state index in [1.54, 1.807) is 0 Å². The summed E-state index contributed by atoms with van der Waals surface area (Å²) in [5.74, 6) is -0.569. The second-order valence-electron chi connectivity index (χ2n) is 6.08. The lowest BCUT2D eigenvalue weighted by Crippen LogP contribution is -2.45. The van der Waals surface area contributed by atoms with Crippen LogP contribution in [0.25, 0.3) is 0 Å². The van der Waals surface area contributed by atoms with E-state index in [9.17, 15) is 9.59 Å². The van der Waals surface area contributed by atoms with Crippen molar-refractivity contribution >= 4 is 11.8 Å². The van der Waals surface area contributed by atoms with Gasteiger partial charge in [-0.05, 0) is 12.0 Å². The average molecular weight is 318 g/mol. The molecule has 0 radical (unpaired) electrons. The van der Waals surface area contributed by atoms with E-state index in [2.05, 4.69) is 12.2 Å². The van der Waals surface area contributed by atoms with Crippen LogP contribution in [-0.4, -0.2) is 17.9 Å². The molecule has 1 aromatic carbocycles. The molecule has 0 aromatic heterocycles. The van der Waals surface area contributed by atoms with Gasteiger partial charge in [-0.2, -0.15) is 0 Å². The van der Waals surface area contributed by atoms with Crippen molar-refractivity contribution in [1.29, 1.82) is 0 Å². The Labute approximate surface area is 139 Å². The van der Waals surface area contributed by atoms with E-state index in [0.717, 1.165) is 18.4 Å². The number of unbranched alkanes of at least 4 members (excludes halogenated alkanes) is 6. The Morgan fingerprint density at radius 1 is 1.00 bits per heavy atom. The quantitative estimate of drug-likeness (QED) is 0.580. The molecule has 0 aliphatic heterocycles. The molecule has 3 N–H and O–H groups in total. The molecule has 0 saturated heterocycles. The minimum atomic E-state index is -0.630. The number of rotatable bonds is 12. The second-order valence-corrected chi connectivity index (χ2v) is 6.08. The molecule has 0 aliphatic carbocycles. The Hall–Kier alpha value is -1.84. The Morgan fingerprint density at radius 3 is 2.22 bits per heavy atom. The molecular formula is C19H30N2O2. The zero-order valence-corrected chi connectivity index (χ0v) is 14.2. The molecule has 0 aliphatic rings. The molecule has 4 heteroatoms. The Bertz CT molecular complexity index is 460. The molecule has 0 heterocycles. The summed E-state index contributed by atoms with van der Waals surface area (Å²) in [6.45, 7) is 2.20. The second kappa shape index (κ2) is 11.7. The summed E-state index contributed by atoms with van der Waals surface area (Å²) in [4.78, 5) is 23.5. The lowest BCUT2D eigenvalue weighted by Gasteiger charge is -2.15. The van der Waals surface area contributed by atoms with Gasteiger partial charge in [-0.25, -0.2) is 0 Å². The number of carbonyl (C=O) groups is 2. The summed E-state index contributed by atoms with van der Waals surface area (Å²) < 4.78 is 0. The molecule has 0 spiro atoms. The molecule has 0 bridgehead atoms. The van der Waals surface area contributed by atoms with Gasteiger partial charge < -0.3 is 11.1 Å². The van der Waals surface area contributed by atoms with Crippen molar-refractivity contribution < 1.29 is 9.59 Å². The minimum absolute atomic E-state index is 0.0849. The standard InChI is InChI=1S/C19H30N2O2/c1-2-3-4-5-6-7-11-14-18(22)21-17(19(20)23)15-16-12-9-8-10-13-16/h8-10,12-13,17H,2-7,11,14-15H2,1H3,(H2,20,23)(H,21,22)/t17-/m0/s1. The smallest absolute Gasteiger partial charge is 0.240 e. The lowest BCUT2D eigenvalue weighted by atomic mass is 10.0. The lowest BCUT2D eigenvalue weighted by molar-refractivity contribution is -0.127. The van der Waals surface area contributed by atoms with Gasteiger partial charge in [-0.1, -0.05) is 75.8 Å². The van der Waals surface area contributed by atoms with Crippen LogP contribution in [-0.2, 0) is 16.0 Å². The van der Waals surface area contributed by atoms with Gasteiger partial charge in [-0.3, -0.25) is 9.59 Å². The summed E-state index contributed by atoms with van der Waals surface area (Å²) in [6, 6.07) is 8.97. The van der Waals surface area contributed by atoms with Crippen LogP contribution in [0.1, 0.15) is 63.9 Å². The van der Waals surface area contributed by atoms with Gasteiger partial charge in [0, 0.05) is 12.8 Å². The van der Waals surface area contributed by atoms with Crippen LogP contribution < -0.4 is 11.1 Å². The number of primary amides is 1. The van der Waals surface area contributed by atoms with E-state index in [1.807, 2.05) is 30.3 Å². The highest BCUT2D eigenvalue weighted by Crippen LogP contribution is 2.09. The predicted molar refractivity (Wildman–Crippen MR) is 93.9 cm³/mol. The summed E-state index contributed by atoms with van der Waals surface area (Å²) >= 11 is 0. The average Bonchev–Trinajstić information content (AvgIpc) is 2.54. The molecule has 1 atom stereocenters. The normalized spacial score (nSPS) is 11.9. The Kier molecular flexibility index (Phi) is 9.76. The van der Waals surface area contributed by atoms with Crippen LogP contribution in [0.5, 0.6) is 0 Å². The van der Waals surface area contributed by atoms with Crippen LogP contribution in [0.3, 0.4) is 0 Å². The van der Waals surface area contributed by atoms with Gasteiger partial charge in [0.15, 0.2) is 0 Å². The fourth-order valence-electron chi connectivity index (χ4n) is 2.58. The third-order valence-electron chi connectivity index (χ3n) is 3.97. The van der Waals surface area contributed by atoms with Gasteiger partial charge in [-0.15, -0.1) is 0 Å². The number of amides is 2. The Balaban J connectivity index is 2.25. The zero-order chi connectivity index (χ0) is 16.9. The molecule has 23 heavy (non-hydrogen) atoms. The summed E-state index contributed by atoms with van der Waals surface area (Å²) in [5, 5.41) is 2.76. The van der Waals surface area contributed by atoms with Crippen LogP contribution in [0.4, 0.5) is 0 Å². The van der Waals surface area contributed by atoms with Gasteiger partial charge in [0.2, 0.25) is 11.8 Å². The topological polar surface area (TPSA) is 72.2 Å². The van der Waals surface area contributed by atoms with Crippen LogP contribution >= 0.6 is 0 Å². The summed E-state index contributed by atoms with van der Waals surface area (Å²) in [5.41, 5.74) is 6.40. The van der Waals surface area contributed by atoms with E-state index in [4.69, 9.17) is 5.73 Å². The molecule has 1 rings (SSSR count). The number of benzene rings is 1. The maximum atomic E-state index is 12.0. The summed E-state index contributed by atoms with van der Waals surface area (Å²) in [6.07, 6.45) is 9.09. The van der Waals surface area contributed by atoms with Gasteiger partial charge >= 0.3 is 0 Å². The number of hydrogen-bond donors (Lipinski definition) is 2. The van der Waals surface area contributed by atoms with E-state index in [1.165, 1.54) is 32.1 Å². The monoisotopic (exact) mass is 318 g/mol. The number of hydrogen-bond acceptors (Lipinski definition) is 2. The highest BCUT2D eigenvalue weighted by Gasteiger charge is 2.18. The SMILES string of the molecule is CCCCCCCCCC(=O)N[C@@H](Cc1ccccc1)C(N)=O. The third-order valence-corrected chi connectivity index (χ3v) is 3.97. The van der Waals surface area contributed by atoms with Crippen molar-refractivity contribution in [3.63, 3.8) is 0 Å². The molecule has 0 unspecified atom stereocenters. The largest absolute Gasteiger partial charge is 0.368 e. The van der Waals surface area contributed by atoms with Crippen LogP contribution in [0, 0.1) is 0 Å². The first-order valence-electron chi connectivity index (χ1n) is 8.76. The maximum absolute atomic E-state index is 12.0. The van der Waals surface area contributed by atoms with Gasteiger partial charge in [0.25, 0.3) is 0 Å². The molecule has 0 saturated carbocycles. The molecular weight excluding hydrogens is 288 g/mol. The van der Waals surface area contributed by atoms with Crippen molar-refractivity contribution in [1.82, 2.24) is 5.32 Å². The first-order valence-corrected chi connectivity index (χ1v) is 8.76. The Morgan fingerprint density at radius 2 is 1.61 bits per heavy atom. The van der Waals surface area contributed by atoms with E-state index >= 15 is 0 Å². The molecule has 0 fully saturated rings. The van der Waals surface area contributed by atoms with Crippen LogP contribution in [0.2, 0.25) is 0 Å². The fourth-order valence-corrected chi connectivity index (χ4v) is 2.58. The fraction of sp³-hybridized carbons (Fsp3) is 0.579. The third kappa shape index (κ3) is 9.01. The first-order chi connectivity index (χ1) is 11.1. The summed E-state index contributed by atoms with van der Waals surface area (Å²) in [7, 11) is 0. The number of nitrogens with two attached hydrogens (primary N) is 1. The minimum Gasteiger partial charge on any atom is -0.368 e. The van der Waals surface area contributed by atoms with E-state index in [-0.39, 0.29) is 5.91 Å².